The van der Waals surface area contributed by atoms with Crippen LogP contribution in [0.1, 0.15) is 31.0 Å². The summed E-state index contributed by atoms with van der Waals surface area (Å²) in [6.07, 6.45) is 1.62. The number of anilines is 1. The van der Waals surface area contributed by atoms with Gasteiger partial charge in [-0.1, -0.05) is 13.8 Å². The Balaban J connectivity index is 3.13. The molecule has 0 aliphatic heterocycles. The molecule has 0 aliphatic carbocycles. The minimum Gasteiger partial charge on any atom is -0.295 e. The number of nitrogens with zero attached hydrogens (tertiary/aromatic N) is 3. The van der Waals surface area contributed by atoms with Crippen LogP contribution in [0.25, 0.3) is 0 Å². The third-order valence-corrected chi connectivity index (χ3v) is 2.30. The fraction of sp³-hybridized carbons (Fsp3) is 0.600. The van der Waals surface area contributed by atoms with Gasteiger partial charge in [-0.2, -0.15) is 0 Å². The molecule has 0 radical (unpaired) electrons. The molecule has 0 aromatic carbocycles. The van der Waals surface area contributed by atoms with Crippen molar-refractivity contribution in [1.82, 2.24) is 15.4 Å². The van der Waals surface area contributed by atoms with Crippen molar-refractivity contribution < 1.29 is 0 Å². The minimum atomic E-state index is 0.432. The molecule has 0 atom stereocenters. The molecule has 4 nitrogen and oxygen atoms in total. The molecular weight excluding hydrogens is 176 g/mol. The topological polar surface area (TPSA) is 41.0 Å². The summed E-state index contributed by atoms with van der Waals surface area (Å²) >= 11 is 0. The molecule has 1 aromatic heterocycles. The third kappa shape index (κ3) is 2.01. The zero-order valence-electron chi connectivity index (χ0n) is 9.50. The van der Waals surface area contributed by atoms with E-state index in [0.29, 0.717) is 5.92 Å². The lowest BCUT2D eigenvalue weighted by molar-refractivity contribution is 0.747. The second kappa shape index (κ2) is 4.37. The van der Waals surface area contributed by atoms with Crippen molar-refractivity contribution in [3.05, 3.63) is 17.6 Å². The maximum absolute atomic E-state index is 4.29. The van der Waals surface area contributed by atoms with Gasteiger partial charge in [-0.15, -0.1) is 0 Å². The van der Waals surface area contributed by atoms with Gasteiger partial charge in [-0.3, -0.25) is 5.01 Å². The van der Waals surface area contributed by atoms with Crippen molar-refractivity contribution in [3.63, 3.8) is 0 Å². The number of hydrazine groups is 1. The van der Waals surface area contributed by atoms with Crippen LogP contribution in [0.3, 0.4) is 0 Å². The summed E-state index contributed by atoms with van der Waals surface area (Å²) in [7, 11) is 3.82. The van der Waals surface area contributed by atoms with Gasteiger partial charge in [0.2, 0.25) is 0 Å². The van der Waals surface area contributed by atoms with Crippen LogP contribution in [0.2, 0.25) is 0 Å². The van der Waals surface area contributed by atoms with Gasteiger partial charge in [0.05, 0.1) is 5.69 Å². The molecule has 0 bridgehead atoms. The Morgan fingerprint density at radius 2 is 2.00 bits per heavy atom. The molecule has 0 spiro atoms. The monoisotopic (exact) mass is 194 g/mol. The Bertz CT molecular complexity index is 309. The minimum absolute atomic E-state index is 0.432. The van der Waals surface area contributed by atoms with Gasteiger partial charge in [-0.05, 0) is 12.8 Å². The summed E-state index contributed by atoms with van der Waals surface area (Å²) < 4.78 is 0. The summed E-state index contributed by atoms with van der Waals surface area (Å²) in [6, 6.07) is 0. The van der Waals surface area contributed by atoms with Gasteiger partial charge in [-0.25, -0.2) is 15.4 Å². The molecule has 0 aliphatic rings. The van der Waals surface area contributed by atoms with Gasteiger partial charge >= 0.3 is 0 Å². The van der Waals surface area contributed by atoms with Crippen LogP contribution >= 0.6 is 0 Å². The van der Waals surface area contributed by atoms with Crippen LogP contribution in [0.4, 0.5) is 5.82 Å². The third-order valence-electron chi connectivity index (χ3n) is 2.30. The Kier molecular flexibility index (Phi) is 3.41. The quantitative estimate of drug-likeness (QED) is 0.740. The maximum atomic E-state index is 4.29. The van der Waals surface area contributed by atoms with E-state index in [1.165, 1.54) is 0 Å². The molecule has 1 rings (SSSR count). The standard InChI is InChI=1S/C10H18N4/c1-7(2)9-8(3)10(13-6-12-9)14(5)11-4/h6-7,11H,1-5H3. The highest BCUT2D eigenvalue weighted by Crippen LogP contribution is 2.21. The Labute approximate surface area is 85.3 Å². The number of aromatic nitrogens is 2. The first kappa shape index (κ1) is 10.9. The van der Waals surface area contributed by atoms with Crippen LogP contribution in [0, 0.1) is 6.92 Å². The lowest BCUT2D eigenvalue weighted by Gasteiger charge is -2.20. The molecule has 1 N–H and O–H groups in total. The normalized spacial score (nSPS) is 10.7. The number of rotatable bonds is 3. The van der Waals surface area contributed by atoms with Gasteiger partial charge in [0.15, 0.2) is 0 Å². The van der Waals surface area contributed by atoms with Crippen LogP contribution in [-0.2, 0) is 0 Å². The Morgan fingerprint density at radius 3 is 2.50 bits per heavy atom. The van der Waals surface area contributed by atoms with E-state index in [4.69, 9.17) is 0 Å². The highest BCUT2D eigenvalue weighted by atomic mass is 15.5. The average Bonchev–Trinajstić information content (AvgIpc) is 2.16. The molecule has 0 unspecified atom stereocenters. The SMILES string of the molecule is CNN(C)c1ncnc(C(C)C)c1C. The highest BCUT2D eigenvalue weighted by Gasteiger charge is 2.11. The number of nitrogens with one attached hydrogen (secondary N) is 1. The summed E-state index contributed by atoms with van der Waals surface area (Å²) in [5.74, 6) is 1.37. The van der Waals surface area contributed by atoms with Crippen LogP contribution < -0.4 is 10.4 Å². The summed E-state index contributed by atoms with van der Waals surface area (Å²) in [5, 5.41) is 1.89. The highest BCUT2D eigenvalue weighted by molar-refractivity contribution is 5.46. The summed E-state index contributed by atoms with van der Waals surface area (Å²) in [4.78, 5) is 8.53. The van der Waals surface area contributed by atoms with Crippen molar-refractivity contribution >= 4 is 5.82 Å². The largest absolute Gasteiger partial charge is 0.295 e. The molecule has 0 saturated carbocycles. The zero-order chi connectivity index (χ0) is 10.7. The first-order valence-electron chi connectivity index (χ1n) is 4.80. The van der Waals surface area contributed by atoms with Gasteiger partial charge in [0.25, 0.3) is 0 Å². The molecule has 78 valence electrons. The molecule has 0 amide bonds. The lowest BCUT2D eigenvalue weighted by Crippen LogP contribution is -2.32. The molecule has 1 aromatic rings. The van der Waals surface area contributed by atoms with E-state index >= 15 is 0 Å². The first-order valence-corrected chi connectivity index (χ1v) is 4.80. The van der Waals surface area contributed by atoms with Crippen LogP contribution in [0.5, 0.6) is 0 Å². The lowest BCUT2D eigenvalue weighted by atomic mass is 10.1. The van der Waals surface area contributed by atoms with Crippen molar-refractivity contribution in [3.8, 4) is 0 Å². The molecule has 1 heterocycles. The fourth-order valence-corrected chi connectivity index (χ4v) is 1.48. The zero-order valence-corrected chi connectivity index (χ0v) is 9.50. The first-order chi connectivity index (χ1) is 6.57. The predicted molar refractivity (Wildman–Crippen MR) is 58.3 cm³/mol. The van der Waals surface area contributed by atoms with E-state index in [2.05, 4.69) is 36.2 Å². The van der Waals surface area contributed by atoms with E-state index in [-0.39, 0.29) is 0 Å². The average molecular weight is 194 g/mol. The smallest absolute Gasteiger partial charge is 0.149 e. The Hall–Kier alpha value is -1.16. The van der Waals surface area contributed by atoms with Gasteiger partial charge < -0.3 is 0 Å². The van der Waals surface area contributed by atoms with Crippen LogP contribution in [0.15, 0.2) is 6.33 Å². The van der Waals surface area contributed by atoms with E-state index in [1.807, 2.05) is 19.1 Å². The van der Waals surface area contributed by atoms with Crippen molar-refractivity contribution in [1.29, 1.82) is 0 Å². The van der Waals surface area contributed by atoms with E-state index in [0.717, 1.165) is 17.1 Å². The Morgan fingerprint density at radius 1 is 1.36 bits per heavy atom. The predicted octanol–water partition coefficient (Wildman–Crippen LogP) is 1.48. The summed E-state index contributed by atoms with van der Waals surface area (Å²) in [6.45, 7) is 6.33. The maximum Gasteiger partial charge on any atom is 0.149 e. The molecule has 0 fully saturated rings. The van der Waals surface area contributed by atoms with Crippen molar-refractivity contribution in [2.75, 3.05) is 19.1 Å². The number of hydrogen-bond donors (Lipinski definition) is 1. The molecule has 0 saturated heterocycles. The molecule has 14 heavy (non-hydrogen) atoms. The second-order valence-corrected chi connectivity index (χ2v) is 3.64. The van der Waals surface area contributed by atoms with Crippen LogP contribution in [-0.4, -0.2) is 24.1 Å². The van der Waals surface area contributed by atoms with Gasteiger partial charge in [0, 0.05) is 19.7 Å². The second-order valence-electron chi connectivity index (χ2n) is 3.64. The van der Waals surface area contributed by atoms with Crippen molar-refractivity contribution in [2.24, 2.45) is 0 Å². The van der Waals surface area contributed by atoms with Gasteiger partial charge in [0.1, 0.15) is 12.1 Å². The van der Waals surface area contributed by atoms with Crippen molar-refractivity contribution in [2.45, 2.75) is 26.7 Å². The van der Waals surface area contributed by atoms with E-state index < -0.39 is 0 Å². The summed E-state index contributed by atoms with van der Waals surface area (Å²) in [5.41, 5.74) is 5.28. The fourth-order valence-electron chi connectivity index (χ4n) is 1.48. The van der Waals surface area contributed by atoms with E-state index in [1.54, 1.807) is 6.33 Å². The number of hydrogen-bond acceptors (Lipinski definition) is 4. The molecule has 4 heteroatoms. The van der Waals surface area contributed by atoms with E-state index in [9.17, 15) is 0 Å². The molecular formula is C10H18N4.